The second kappa shape index (κ2) is 20.1. The summed E-state index contributed by atoms with van der Waals surface area (Å²) >= 11 is 0. The molecule has 12 N–H and O–H groups in total. The van der Waals surface area contributed by atoms with E-state index >= 15 is 0 Å². The molecule has 3 aliphatic heterocycles. The van der Waals surface area contributed by atoms with E-state index in [1.165, 1.54) is 20.3 Å². The largest absolute Gasteiger partial charge is 0.460 e. The smallest absolute Gasteiger partial charge is 0.330 e. The number of rotatable bonds is 12. The summed E-state index contributed by atoms with van der Waals surface area (Å²) in [5.74, 6) is -1.62. The number of hydrogen-bond acceptors (Lipinski definition) is 19. The van der Waals surface area contributed by atoms with Crippen LogP contribution in [0.5, 0.6) is 0 Å². The van der Waals surface area contributed by atoms with Gasteiger partial charge in [0.05, 0.1) is 49.1 Å². The number of esters is 1. The first kappa shape index (κ1) is 46.0. The number of carbonyl (C=O) groups excluding carboxylic acids is 1. The van der Waals surface area contributed by atoms with Crippen molar-refractivity contribution in [2.24, 2.45) is 17.8 Å². The Morgan fingerprint density at radius 2 is 1.26 bits per heavy atom. The van der Waals surface area contributed by atoms with Crippen LogP contribution in [-0.4, -0.2) is 217 Å². The molecule has 0 radical (unpaired) electrons. The second-order valence-electron chi connectivity index (χ2n) is 16.8. The van der Waals surface area contributed by atoms with E-state index in [9.17, 15) is 61.0 Å². The van der Waals surface area contributed by atoms with Gasteiger partial charge in [0.25, 0.3) is 0 Å². The van der Waals surface area contributed by atoms with E-state index in [0.717, 1.165) is 0 Å². The predicted octanol–water partition coefficient (Wildman–Crippen LogP) is -4.77. The molecule has 3 saturated carbocycles. The van der Waals surface area contributed by atoms with E-state index in [0.29, 0.717) is 32.1 Å². The van der Waals surface area contributed by atoms with Crippen LogP contribution < -0.4 is 0 Å². The molecule has 0 amide bonds. The molecule has 3 aliphatic carbocycles. The summed E-state index contributed by atoms with van der Waals surface area (Å²) in [5.41, 5.74) is 0. The molecule has 334 valence electrons. The third-order valence-corrected chi connectivity index (χ3v) is 13.0. The standard InChI is InChI=1S/C38H62O20/c1-51-23-7-15(8-24(52-2)29(23)44)3-6-28(43)53-13-26-30(45)32(47)34(49)37(57-26)54-14-27-31(46)33(48)35(50)38(58-27)56-25-12-18-20(41)10-17(39)11-22(18)55-36(25)16-4-5-19(40)21(42)9-16/h3,6,15-27,29-42,44-50H,4-5,7-14H2,1-2H3/p+1. The normalized spacial score (nSPS) is 50.3. The van der Waals surface area contributed by atoms with Gasteiger partial charge in [-0.15, -0.1) is 0 Å². The molecule has 6 fully saturated rings. The van der Waals surface area contributed by atoms with E-state index in [1.807, 2.05) is 0 Å². The number of ether oxygens (including phenoxy) is 8. The molecule has 0 aromatic heterocycles. The van der Waals surface area contributed by atoms with Crippen molar-refractivity contribution in [1.29, 1.82) is 0 Å². The quantitative estimate of drug-likeness (QED) is 0.0499. The van der Waals surface area contributed by atoms with Gasteiger partial charge in [0.15, 0.2) is 24.8 Å². The summed E-state index contributed by atoms with van der Waals surface area (Å²) in [4.78, 5) is 12.6. The van der Waals surface area contributed by atoms with E-state index in [-0.39, 0.29) is 31.1 Å². The molecule has 0 spiro atoms. The SMILES string of the molecule is COC1CC(C=CC(=O)OCC2OC(OCC3OC(OC4CC5C(O)CC(O)CC5[OH+]C4C4CCC(O)C(O)C4)C(O)C(O)C3O)C(O)C(O)C2O)CC(OC)C1O. The third-order valence-electron chi connectivity index (χ3n) is 13.0. The molecule has 58 heavy (non-hydrogen) atoms. The highest BCUT2D eigenvalue weighted by molar-refractivity contribution is 5.81. The summed E-state index contributed by atoms with van der Waals surface area (Å²) in [6.07, 6.45) is -18.3. The Hall–Kier alpha value is -1.51. The van der Waals surface area contributed by atoms with Crippen molar-refractivity contribution < 1.29 is 98.9 Å². The van der Waals surface area contributed by atoms with Crippen molar-refractivity contribution in [3.63, 3.8) is 0 Å². The number of allylic oxidation sites excluding steroid dienone is 1. The number of methoxy groups -OCH3 is 2. The molecule has 21 unspecified atom stereocenters. The summed E-state index contributed by atoms with van der Waals surface area (Å²) in [6, 6.07) is 0. The molecule has 6 rings (SSSR count). The van der Waals surface area contributed by atoms with Crippen LogP contribution in [-0.2, 0) is 38.0 Å². The topological polar surface area (TPSA) is 317 Å². The zero-order valence-corrected chi connectivity index (χ0v) is 32.6. The van der Waals surface area contributed by atoms with Crippen molar-refractivity contribution in [3.8, 4) is 0 Å². The maximum Gasteiger partial charge on any atom is 0.330 e. The van der Waals surface area contributed by atoms with Gasteiger partial charge in [0.1, 0.15) is 67.6 Å². The van der Waals surface area contributed by atoms with Gasteiger partial charge in [-0.2, -0.15) is 0 Å². The lowest BCUT2D eigenvalue weighted by Gasteiger charge is -2.48. The van der Waals surface area contributed by atoms with Crippen molar-refractivity contribution in [2.45, 2.75) is 174 Å². The monoisotopic (exact) mass is 839 g/mol. The summed E-state index contributed by atoms with van der Waals surface area (Å²) in [6.45, 7) is -1.14. The highest BCUT2D eigenvalue weighted by Crippen LogP contribution is 2.42. The van der Waals surface area contributed by atoms with Crippen LogP contribution in [0.1, 0.15) is 51.4 Å². The van der Waals surface area contributed by atoms with Gasteiger partial charge in [-0.25, -0.2) is 4.79 Å². The zero-order valence-electron chi connectivity index (χ0n) is 32.6. The lowest BCUT2D eigenvalue weighted by Crippen LogP contribution is -2.63. The van der Waals surface area contributed by atoms with Crippen LogP contribution in [0, 0.1) is 17.8 Å². The summed E-state index contributed by atoms with van der Waals surface area (Å²) in [7, 11) is 2.94. The maximum absolute atomic E-state index is 12.6. The van der Waals surface area contributed by atoms with E-state index < -0.39 is 148 Å². The lowest BCUT2D eigenvalue weighted by atomic mass is 9.72. The average Bonchev–Trinajstić information content (AvgIpc) is 3.20. The summed E-state index contributed by atoms with van der Waals surface area (Å²) in [5, 5.41) is 117. The van der Waals surface area contributed by atoms with Gasteiger partial charge < -0.3 is 94.1 Å². The Morgan fingerprint density at radius 3 is 1.90 bits per heavy atom. The van der Waals surface area contributed by atoms with E-state index in [2.05, 4.69) is 0 Å². The van der Waals surface area contributed by atoms with Crippen LogP contribution in [0.4, 0.5) is 0 Å². The number of carbonyl (C=O) groups is 1. The highest BCUT2D eigenvalue weighted by Gasteiger charge is 2.55. The van der Waals surface area contributed by atoms with Crippen molar-refractivity contribution in [3.05, 3.63) is 12.2 Å². The van der Waals surface area contributed by atoms with Gasteiger partial charge in [-0.1, -0.05) is 6.08 Å². The first-order valence-electron chi connectivity index (χ1n) is 20.3. The van der Waals surface area contributed by atoms with E-state index in [1.54, 1.807) is 6.08 Å². The van der Waals surface area contributed by atoms with E-state index in [4.69, 9.17) is 37.9 Å². The molecular formula is C38H63O20+. The maximum atomic E-state index is 12.6. The minimum atomic E-state index is -1.81. The first-order valence-corrected chi connectivity index (χ1v) is 20.3. The fourth-order valence-corrected chi connectivity index (χ4v) is 9.49. The minimum Gasteiger partial charge on any atom is -0.460 e. The van der Waals surface area contributed by atoms with Crippen molar-refractivity contribution in [1.82, 2.24) is 0 Å². The van der Waals surface area contributed by atoms with Gasteiger partial charge in [0.2, 0.25) is 0 Å². The highest BCUT2D eigenvalue weighted by atomic mass is 16.7. The van der Waals surface area contributed by atoms with Gasteiger partial charge in [0, 0.05) is 39.1 Å². The van der Waals surface area contributed by atoms with Gasteiger partial charge in [-0.05, 0) is 44.4 Å². The molecule has 20 nitrogen and oxygen atoms in total. The molecule has 6 aliphatic rings. The molecule has 0 aromatic carbocycles. The van der Waals surface area contributed by atoms with Crippen molar-refractivity contribution >= 4 is 5.97 Å². The summed E-state index contributed by atoms with van der Waals surface area (Å²) < 4.78 is 44.5. The van der Waals surface area contributed by atoms with Crippen LogP contribution in [0.25, 0.3) is 0 Å². The Balaban J connectivity index is 1.06. The number of aliphatic hydroxyl groups is 13. The minimum absolute atomic E-state index is 0.147. The van der Waals surface area contributed by atoms with Crippen LogP contribution in [0.3, 0.4) is 0 Å². The molecule has 0 bridgehead atoms. The van der Waals surface area contributed by atoms with Gasteiger partial charge >= 0.3 is 5.97 Å². The zero-order chi connectivity index (χ0) is 42.0. The molecule has 0 aromatic rings. The van der Waals surface area contributed by atoms with Crippen LogP contribution >= 0.6 is 0 Å². The predicted molar refractivity (Wildman–Crippen MR) is 193 cm³/mol. The van der Waals surface area contributed by atoms with Crippen molar-refractivity contribution in [2.75, 3.05) is 27.4 Å². The number of fused-ring (bicyclic) bond motifs is 1. The fourth-order valence-electron chi connectivity index (χ4n) is 9.49. The Kier molecular flexibility index (Phi) is 16.0. The Morgan fingerprint density at radius 1 is 0.638 bits per heavy atom. The number of hydrogen-bond donors (Lipinski definition) is 11. The van der Waals surface area contributed by atoms with Crippen LogP contribution in [0.15, 0.2) is 12.2 Å². The molecule has 21 atom stereocenters. The Labute approximate surface area is 335 Å². The van der Waals surface area contributed by atoms with Crippen LogP contribution in [0.2, 0.25) is 0 Å². The first-order chi connectivity index (χ1) is 27.6. The Bertz CT molecular complexity index is 1330. The molecule has 20 heteroatoms. The fraction of sp³-hybridized carbons (Fsp3) is 0.921. The lowest BCUT2D eigenvalue weighted by molar-refractivity contribution is -0.362. The second-order valence-corrected chi connectivity index (χ2v) is 16.8. The molecule has 3 saturated heterocycles. The number of aliphatic hydroxyl groups excluding tert-OH is 11. The van der Waals surface area contributed by atoms with Gasteiger partial charge in [-0.3, -0.25) is 0 Å². The molecule has 3 heterocycles. The average molecular weight is 840 g/mol. The molecular weight excluding hydrogens is 776 g/mol. The third kappa shape index (κ3) is 10.4.